The molecule has 1 aliphatic heterocycles. The molecule has 1 aromatic rings. The van der Waals surface area contributed by atoms with Crippen LogP contribution in [0, 0.1) is 0 Å². The van der Waals surface area contributed by atoms with E-state index in [1.54, 1.807) is 0 Å². The summed E-state index contributed by atoms with van der Waals surface area (Å²) in [7, 11) is 0. The molecule has 2 rings (SSSR count). The van der Waals surface area contributed by atoms with Crippen molar-refractivity contribution in [3.05, 3.63) is 20.7 Å². The average Bonchev–Trinajstić information content (AvgIpc) is 2.54. The predicted molar refractivity (Wildman–Crippen MR) is 49.8 cm³/mol. The molecule has 2 heterocycles. The van der Waals surface area contributed by atoms with Crippen molar-refractivity contribution in [3.8, 4) is 0 Å². The van der Waals surface area contributed by atoms with Crippen molar-refractivity contribution in [1.29, 1.82) is 0 Å². The highest BCUT2D eigenvalue weighted by atomic mass is 32.1. The fraction of sp³-hybridized carbons (Fsp3) is 0.625. The second kappa shape index (κ2) is 3.41. The molecule has 2 N–H and O–H groups in total. The van der Waals surface area contributed by atoms with E-state index in [9.17, 15) is 4.79 Å². The molecule has 0 saturated carbocycles. The van der Waals surface area contributed by atoms with Gasteiger partial charge in [-0.25, -0.2) is 0 Å². The standard InChI is InChI=1S/C8H12N2OS/c11-8-10-7(5-12-8)6-1-3-9-4-2-6/h5-6,9H,1-4H2,(H,10,11). The Morgan fingerprint density at radius 2 is 2.17 bits per heavy atom. The van der Waals surface area contributed by atoms with Gasteiger partial charge in [0.2, 0.25) is 0 Å². The first-order valence-electron chi connectivity index (χ1n) is 4.24. The van der Waals surface area contributed by atoms with Crippen LogP contribution in [0.1, 0.15) is 24.5 Å². The molecule has 1 saturated heterocycles. The summed E-state index contributed by atoms with van der Waals surface area (Å²) < 4.78 is 0. The molecule has 1 aromatic heterocycles. The van der Waals surface area contributed by atoms with Crippen molar-refractivity contribution in [2.75, 3.05) is 13.1 Å². The third kappa shape index (κ3) is 1.59. The summed E-state index contributed by atoms with van der Waals surface area (Å²) in [6, 6.07) is 0. The van der Waals surface area contributed by atoms with E-state index >= 15 is 0 Å². The van der Waals surface area contributed by atoms with Gasteiger partial charge in [0.1, 0.15) is 0 Å². The molecule has 3 nitrogen and oxygen atoms in total. The maximum atomic E-state index is 10.9. The molecular weight excluding hydrogens is 172 g/mol. The van der Waals surface area contributed by atoms with E-state index in [-0.39, 0.29) is 4.87 Å². The highest BCUT2D eigenvalue weighted by Crippen LogP contribution is 2.22. The number of aromatic nitrogens is 1. The lowest BCUT2D eigenvalue weighted by Gasteiger charge is -2.20. The predicted octanol–water partition coefficient (Wildman–Crippen LogP) is 0.903. The minimum atomic E-state index is 0.0727. The summed E-state index contributed by atoms with van der Waals surface area (Å²) in [5, 5.41) is 5.26. The van der Waals surface area contributed by atoms with Gasteiger partial charge in [0.15, 0.2) is 0 Å². The molecule has 12 heavy (non-hydrogen) atoms. The lowest BCUT2D eigenvalue weighted by atomic mass is 9.96. The van der Waals surface area contributed by atoms with Gasteiger partial charge in [0.05, 0.1) is 0 Å². The van der Waals surface area contributed by atoms with Crippen LogP contribution >= 0.6 is 11.3 Å². The van der Waals surface area contributed by atoms with E-state index in [1.807, 2.05) is 5.38 Å². The number of hydrogen-bond acceptors (Lipinski definition) is 3. The summed E-state index contributed by atoms with van der Waals surface area (Å²) in [5.74, 6) is 0.574. The Balaban J connectivity index is 2.13. The van der Waals surface area contributed by atoms with Gasteiger partial charge in [0.25, 0.3) is 0 Å². The third-order valence-corrected chi connectivity index (χ3v) is 3.01. The van der Waals surface area contributed by atoms with Crippen molar-refractivity contribution in [3.63, 3.8) is 0 Å². The van der Waals surface area contributed by atoms with Crippen LogP contribution in [0.4, 0.5) is 0 Å². The van der Waals surface area contributed by atoms with E-state index in [1.165, 1.54) is 11.3 Å². The lowest BCUT2D eigenvalue weighted by Crippen LogP contribution is -2.26. The summed E-state index contributed by atoms with van der Waals surface area (Å²) in [5.41, 5.74) is 1.13. The van der Waals surface area contributed by atoms with Gasteiger partial charge in [-0.2, -0.15) is 0 Å². The number of piperidine rings is 1. The first-order valence-corrected chi connectivity index (χ1v) is 5.12. The summed E-state index contributed by atoms with van der Waals surface area (Å²) in [6.45, 7) is 2.14. The molecule has 1 aliphatic rings. The van der Waals surface area contributed by atoms with E-state index < -0.39 is 0 Å². The summed E-state index contributed by atoms with van der Waals surface area (Å²) in [6.07, 6.45) is 2.29. The van der Waals surface area contributed by atoms with Crippen LogP contribution in [-0.2, 0) is 0 Å². The van der Waals surface area contributed by atoms with Crippen LogP contribution in [0.3, 0.4) is 0 Å². The highest BCUT2D eigenvalue weighted by Gasteiger charge is 2.16. The fourth-order valence-electron chi connectivity index (χ4n) is 1.62. The molecule has 1 fully saturated rings. The number of aromatic amines is 1. The molecule has 0 aromatic carbocycles. The smallest absolute Gasteiger partial charge is 0.304 e. The van der Waals surface area contributed by atoms with Gasteiger partial charge >= 0.3 is 4.87 Å². The van der Waals surface area contributed by atoms with Crippen LogP contribution in [0.5, 0.6) is 0 Å². The Morgan fingerprint density at radius 3 is 2.75 bits per heavy atom. The molecule has 66 valence electrons. The second-order valence-electron chi connectivity index (χ2n) is 3.13. The molecule has 4 heteroatoms. The molecule has 0 atom stereocenters. The first-order chi connectivity index (χ1) is 5.86. The summed E-state index contributed by atoms with van der Waals surface area (Å²) >= 11 is 1.27. The molecule has 0 radical (unpaired) electrons. The van der Waals surface area contributed by atoms with E-state index in [2.05, 4.69) is 10.3 Å². The van der Waals surface area contributed by atoms with Gasteiger partial charge in [-0.3, -0.25) is 4.79 Å². The molecular formula is C8H12N2OS. The van der Waals surface area contributed by atoms with E-state index in [0.717, 1.165) is 31.6 Å². The zero-order valence-electron chi connectivity index (χ0n) is 6.80. The largest absolute Gasteiger partial charge is 0.317 e. The second-order valence-corrected chi connectivity index (χ2v) is 3.97. The molecule has 0 aliphatic carbocycles. The normalized spacial score (nSPS) is 19.7. The van der Waals surface area contributed by atoms with Crippen LogP contribution in [-0.4, -0.2) is 18.1 Å². The zero-order chi connectivity index (χ0) is 8.39. The topological polar surface area (TPSA) is 44.9 Å². The van der Waals surface area contributed by atoms with Crippen LogP contribution in [0.2, 0.25) is 0 Å². The van der Waals surface area contributed by atoms with Gasteiger partial charge in [-0.05, 0) is 25.9 Å². The van der Waals surface area contributed by atoms with Gasteiger partial charge in [0, 0.05) is 17.0 Å². The van der Waals surface area contributed by atoms with Crippen molar-refractivity contribution >= 4 is 11.3 Å². The Kier molecular flexibility index (Phi) is 2.28. The minimum absolute atomic E-state index is 0.0727. The van der Waals surface area contributed by atoms with E-state index in [4.69, 9.17) is 0 Å². The minimum Gasteiger partial charge on any atom is -0.317 e. The van der Waals surface area contributed by atoms with Crippen molar-refractivity contribution in [2.45, 2.75) is 18.8 Å². The van der Waals surface area contributed by atoms with Crippen molar-refractivity contribution in [2.24, 2.45) is 0 Å². The summed E-state index contributed by atoms with van der Waals surface area (Å²) in [4.78, 5) is 13.8. The number of thiazole rings is 1. The number of hydrogen-bond donors (Lipinski definition) is 2. The van der Waals surface area contributed by atoms with Gasteiger partial charge in [-0.15, -0.1) is 0 Å². The van der Waals surface area contributed by atoms with Crippen LogP contribution < -0.4 is 10.2 Å². The van der Waals surface area contributed by atoms with Crippen molar-refractivity contribution < 1.29 is 0 Å². The maximum absolute atomic E-state index is 10.9. The third-order valence-electron chi connectivity index (χ3n) is 2.32. The molecule has 0 bridgehead atoms. The van der Waals surface area contributed by atoms with Gasteiger partial charge < -0.3 is 10.3 Å². The quantitative estimate of drug-likeness (QED) is 0.681. The first kappa shape index (κ1) is 8.01. The van der Waals surface area contributed by atoms with Gasteiger partial charge in [-0.1, -0.05) is 11.3 Å². The Hall–Kier alpha value is -0.610. The Morgan fingerprint density at radius 1 is 1.42 bits per heavy atom. The van der Waals surface area contributed by atoms with E-state index in [0.29, 0.717) is 5.92 Å². The Labute approximate surface area is 74.8 Å². The van der Waals surface area contributed by atoms with Crippen LogP contribution in [0.15, 0.2) is 10.2 Å². The van der Waals surface area contributed by atoms with Crippen molar-refractivity contribution in [1.82, 2.24) is 10.3 Å². The fourth-order valence-corrected chi connectivity index (χ4v) is 2.29. The lowest BCUT2D eigenvalue weighted by molar-refractivity contribution is 0.454. The monoisotopic (exact) mass is 184 g/mol. The average molecular weight is 184 g/mol. The molecule has 0 spiro atoms. The molecule has 0 amide bonds. The number of nitrogens with one attached hydrogen (secondary N) is 2. The Bertz CT molecular complexity index is 298. The van der Waals surface area contributed by atoms with Crippen LogP contribution in [0.25, 0.3) is 0 Å². The number of rotatable bonds is 1. The number of H-pyrrole nitrogens is 1. The SMILES string of the molecule is O=c1[nH]c(C2CCNCC2)cs1. The zero-order valence-corrected chi connectivity index (χ0v) is 7.62. The highest BCUT2D eigenvalue weighted by molar-refractivity contribution is 7.07. The molecule has 0 unspecified atom stereocenters. The maximum Gasteiger partial charge on any atom is 0.304 e.